The van der Waals surface area contributed by atoms with Gasteiger partial charge in [0.25, 0.3) is 11.6 Å². The van der Waals surface area contributed by atoms with Crippen LogP contribution in [0.4, 0.5) is 17.1 Å². The van der Waals surface area contributed by atoms with Crippen molar-refractivity contribution < 1.29 is 9.72 Å². The smallest absolute Gasteiger partial charge is 0.269 e. The average molecular weight is 420 g/mol. The number of carbonyl (C=O) groups excluding carboxylic acids is 1. The standard InChI is InChI=1S/C23H21N3O3S/c27-23(17-3-7-19(8-4-17)25-15-1-2-16-25)24-18-5-11-21(12-6-18)30-22-13-9-20(10-14-22)26(28)29/h3-14H,1-2,15-16H2,(H,24,27). The van der Waals surface area contributed by atoms with Crippen LogP contribution in [0.25, 0.3) is 0 Å². The summed E-state index contributed by atoms with van der Waals surface area (Å²) in [5, 5.41) is 13.7. The van der Waals surface area contributed by atoms with E-state index in [0.29, 0.717) is 5.56 Å². The summed E-state index contributed by atoms with van der Waals surface area (Å²) in [6.45, 7) is 2.16. The van der Waals surface area contributed by atoms with Gasteiger partial charge in [0.05, 0.1) is 4.92 Å². The Kier molecular flexibility index (Phi) is 5.99. The first-order valence-corrected chi connectivity index (χ1v) is 10.6. The normalized spacial score (nSPS) is 13.3. The number of nitro groups is 1. The highest BCUT2D eigenvalue weighted by Crippen LogP contribution is 2.30. The lowest BCUT2D eigenvalue weighted by atomic mass is 10.2. The second kappa shape index (κ2) is 9.00. The third-order valence-corrected chi connectivity index (χ3v) is 6.01. The first-order chi connectivity index (χ1) is 14.6. The molecule has 0 saturated carbocycles. The van der Waals surface area contributed by atoms with Crippen LogP contribution in [0.3, 0.4) is 0 Å². The number of hydrogen-bond acceptors (Lipinski definition) is 5. The maximum atomic E-state index is 12.5. The van der Waals surface area contributed by atoms with E-state index in [9.17, 15) is 14.9 Å². The van der Waals surface area contributed by atoms with E-state index in [2.05, 4.69) is 10.2 Å². The molecule has 3 aromatic rings. The minimum Gasteiger partial charge on any atom is -0.372 e. The summed E-state index contributed by atoms with van der Waals surface area (Å²) >= 11 is 1.51. The fraction of sp³-hybridized carbons (Fsp3) is 0.174. The van der Waals surface area contributed by atoms with Crippen molar-refractivity contribution in [3.63, 3.8) is 0 Å². The molecule has 1 N–H and O–H groups in total. The van der Waals surface area contributed by atoms with Gasteiger partial charge < -0.3 is 10.2 Å². The van der Waals surface area contributed by atoms with Gasteiger partial charge in [-0.25, -0.2) is 0 Å². The van der Waals surface area contributed by atoms with Crippen LogP contribution in [0.5, 0.6) is 0 Å². The number of carbonyl (C=O) groups is 1. The van der Waals surface area contributed by atoms with E-state index >= 15 is 0 Å². The lowest BCUT2D eigenvalue weighted by Crippen LogP contribution is -2.18. The molecule has 30 heavy (non-hydrogen) atoms. The van der Waals surface area contributed by atoms with Gasteiger partial charge in [-0.05, 0) is 73.5 Å². The number of anilines is 2. The summed E-state index contributed by atoms with van der Waals surface area (Å²) in [6.07, 6.45) is 2.45. The van der Waals surface area contributed by atoms with E-state index in [1.807, 2.05) is 48.5 Å². The van der Waals surface area contributed by atoms with Crippen LogP contribution in [0.2, 0.25) is 0 Å². The van der Waals surface area contributed by atoms with Crippen molar-refractivity contribution in [2.24, 2.45) is 0 Å². The van der Waals surface area contributed by atoms with Crippen LogP contribution in [0.15, 0.2) is 82.6 Å². The minimum atomic E-state index is -0.411. The second-order valence-electron chi connectivity index (χ2n) is 7.07. The molecule has 0 radical (unpaired) electrons. The summed E-state index contributed by atoms with van der Waals surface area (Å²) in [6, 6.07) is 21.7. The lowest BCUT2D eigenvalue weighted by molar-refractivity contribution is -0.384. The maximum absolute atomic E-state index is 12.5. The molecule has 3 aromatic carbocycles. The molecule has 0 aliphatic carbocycles. The van der Waals surface area contributed by atoms with E-state index in [4.69, 9.17) is 0 Å². The van der Waals surface area contributed by atoms with Crippen LogP contribution in [0.1, 0.15) is 23.2 Å². The fourth-order valence-electron chi connectivity index (χ4n) is 3.38. The fourth-order valence-corrected chi connectivity index (χ4v) is 4.20. The molecule has 152 valence electrons. The van der Waals surface area contributed by atoms with Crippen LogP contribution in [-0.4, -0.2) is 23.9 Å². The zero-order valence-corrected chi connectivity index (χ0v) is 17.1. The Hall–Kier alpha value is -3.32. The molecular formula is C23H21N3O3S. The van der Waals surface area contributed by atoms with Crippen molar-refractivity contribution in [2.75, 3.05) is 23.3 Å². The largest absolute Gasteiger partial charge is 0.372 e. The van der Waals surface area contributed by atoms with Crippen LogP contribution < -0.4 is 10.2 Å². The van der Waals surface area contributed by atoms with Gasteiger partial charge in [-0.3, -0.25) is 14.9 Å². The van der Waals surface area contributed by atoms with Crippen LogP contribution >= 0.6 is 11.8 Å². The Bertz CT molecular complexity index is 1030. The maximum Gasteiger partial charge on any atom is 0.269 e. The molecule has 1 amide bonds. The monoisotopic (exact) mass is 419 g/mol. The molecule has 4 rings (SSSR count). The van der Waals surface area contributed by atoms with Gasteiger partial charge in [0.2, 0.25) is 0 Å². The number of benzene rings is 3. The van der Waals surface area contributed by atoms with Gasteiger partial charge in [-0.15, -0.1) is 0 Å². The summed E-state index contributed by atoms with van der Waals surface area (Å²) in [5.41, 5.74) is 2.58. The number of nitrogens with zero attached hydrogens (tertiary/aromatic N) is 2. The molecule has 0 spiro atoms. The van der Waals surface area contributed by atoms with E-state index in [1.165, 1.54) is 36.7 Å². The van der Waals surface area contributed by atoms with Gasteiger partial charge >= 0.3 is 0 Å². The Morgan fingerprint density at radius 2 is 1.43 bits per heavy atom. The summed E-state index contributed by atoms with van der Waals surface area (Å²) in [4.78, 5) is 27.1. The Morgan fingerprint density at radius 1 is 0.867 bits per heavy atom. The highest BCUT2D eigenvalue weighted by molar-refractivity contribution is 7.99. The molecule has 0 atom stereocenters. The first-order valence-electron chi connectivity index (χ1n) is 9.77. The Morgan fingerprint density at radius 3 is 2.00 bits per heavy atom. The van der Waals surface area contributed by atoms with E-state index in [-0.39, 0.29) is 11.6 Å². The minimum absolute atomic E-state index is 0.0749. The third kappa shape index (κ3) is 4.80. The molecule has 0 unspecified atom stereocenters. The molecular weight excluding hydrogens is 398 g/mol. The quantitative estimate of drug-likeness (QED) is 0.416. The zero-order valence-electron chi connectivity index (χ0n) is 16.3. The molecule has 1 aliphatic heterocycles. The molecule has 1 heterocycles. The highest BCUT2D eigenvalue weighted by Gasteiger charge is 2.13. The zero-order chi connectivity index (χ0) is 20.9. The number of rotatable bonds is 6. The van der Waals surface area contributed by atoms with Crippen molar-refractivity contribution >= 4 is 34.7 Å². The van der Waals surface area contributed by atoms with Gasteiger partial charge in [-0.1, -0.05) is 11.8 Å². The Balaban J connectivity index is 1.35. The van der Waals surface area contributed by atoms with Gasteiger partial charge in [0, 0.05) is 52.0 Å². The molecule has 0 aromatic heterocycles. The van der Waals surface area contributed by atoms with Gasteiger partial charge in [0.15, 0.2) is 0 Å². The lowest BCUT2D eigenvalue weighted by Gasteiger charge is -2.17. The highest BCUT2D eigenvalue weighted by atomic mass is 32.2. The van der Waals surface area contributed by atoms with Crippen molar-refractivity contribution in [2.45, 2.75) is 22.6 Å². The number of nitrogens with one attached hydrogen (secondary N) is 1. The topological polar surface area (TPSA) is 75.5 Å². The molecule has 1 saturated heterocycles. The second-order valence-corrected chi connectivity index (χ2v) is 8.22. The van der Waals surface area contributed by atoms with E-state index in [0.717, 1.165) is 34.3 Å². The van der Waals surface area contributed by atoms with E-state index in [1.54, 1.807) is 12.1 Å². The van der Waals surface area contributed by atoms with Gasteiger partial charge in [-0.2, -0.15) is 0 Å². The van der Waals surface area contributed by atoms with Crippen molar-refractivity contribution in [3.05, 3.63) is 88.5 Å². The number of hydrogen-bond donors (Lipinski definition) is 1. The summed E-state index contributed by atoms with van der Waals surface area (Å²) < 4.78 is 0. The van der Waals surface area contributed by atoms with Gasteiger partial charge in [0.1, 0.15) is 0 Å². The average Bonchev–Trinajstić information content (AvgIpc) is 3.30. The molecule has 7 heteroatoms. The number of amides is 1. The Labute approximate surface area is 179 Å². The SMILES string of the molecule is O=C(Nc1ccc(Sc2ccc([N+](=O)[O-])cc2)cc1)c1ccc(N2CCCC2)cc1. The van der Waals surface area contributed by atoms with Crippen LogP contribution in [-0.2, 0) is 0 Å². The van der Waals surface area contributed by atoms with Crippen molar-refractivity contribution in [3.8, 4) is 0 Å². The number of nitro benzene ring substituents is 1. The molecule has 1 aliphatic rings. The van der Waals surface area contributed by atoms with Crippen molar-refractivity contribution in [1.82, 2.24) is 0 Å². The molecule has 1 fully saturated rings. The molecule has 0 bridgehead atoms. The number of non-ortho nitro benzene ring substituents is 1. The third-order valence-electron chi connectivity index (χ3n) is 5.00. The first kappa shape index (κ1) is 20.0. The van der Waals surface area contributed by atoms with E-state index < -0.39 is 4.92 Å². The predicted molar refractivity (Wildman–Crippen MR) is 120 cm³/mol. The van der Waals surface area contributed by atoms with Crippen LogP contribution in [0, 0.1) is 10.1 Å². The molecule has 6 nitrogen and oxygen atoms in total. The summed E-state index contributed by atoms with van der Waals surface area (Å²) in [5.74, 6) is -0.140. The van der Waals surface area contributed by atoms with Crippen molar-refractivity contribution in [1.29, 1.82) is 0 Å². The predicted octanol–water partition coefficient (Wildman–Crippen LogP) is 5.60. The summed E-state index contributed by atoms with van der Waals surface area (Å²) in [7, 11) is 0.